The first-order valence-corrected chi connectivity index (χ1v) is 11.4. The number of hydrogen-bond donors (Lipinski definition) is 1. The van der Waals surface area contributed by atoms with E-state index < -0.39 is 0 Å². The first-order chi connectivity index (χ1) is 15.5. The van der Waals surface area contributed by atoms with Crippen LogP contribution in [0.1, 0.15) is 26.3 Å². The molecule has 6 nitrogen and oxygen atoms in total. The molecule has 0 spiro atoms. The maximum atomic E-state index is 13.5. The summed E-state index contributed by atoms with van der Waals surface area (Å²) in [7, 11) is 3.87. The Bertz CT molecular complexity index is 1120. The van der Waals surface area contributed by atoms with Crippen molar-refractivity contribution in [1.29, 1.82) is 0 Å². The van der Waals surface area contributed by atoms with Gasteiger partial charge in [-0.25, -0.2) is 0 Å². The lowest BCUT2D eigenvalue weighted by Crippen LogP contribution is -2.41. The highest BCUT2D eigenvalue weighted by Gasteiger charge is 2.28. The highest BCUT2D eigenvalue weighted by atomic mass is 32.1. The molecule has 32 heavy (non-hydrogen) atoms. The summed E-state index contributed by atoms with van der Waals surface area (Å²) in [5, 5.41) is 3.61. The molecule has 2 aromatic carbocycles. The van der Waals surface area contributed by atoms with Crippen molar-refractivity contribution in [2.24, 2.45) is 0 Å². The van der Waals surface area contributed by atoms with E-state index in [2.05, 4.69) is 5.32 Å². The fourth-order valence-corrected chi connectivity index (χ4v) is 4.95. The molecule has 0 atom stereocenters. The van der Waals surface area contributed by atoms with Crippen LogP contribution in [-0.2, 0) is 4.74 Å². The SMILES string of the molecule is Cc1c(-c2ccccc2)sc(NC(=O)c2cccc(N(C)C)c2)c1C(=O)N1CCOCC1. The third kappa shape index (κ3) is 4.54. The highest BCUT2D eigenvalue weighted by molar-refractivity contribution is 7.20. The molecule has 0 unspecified atom stereocenters. The normalized spacial score (nSPS) is 13.7. The van der Waals surface area contributed by atoms with Gasteiger partial charge in [0, 0.05) is 43.3 Å². The maximum Gasteiger partial charge on any atom is 0.257 e. The number of thiophene rings is 1. The molecule has 0 saturated carbocycles. The smallest absolute Gasteiger partial charge is 0.257 e. The van der Waals surface area contributed by atoms with Gasteiger partial charge in [-0.3, -0.25) is 9.59 Å². The standard InChI is InChI=1S/C25H27N3O3S/c1-17-21(25(30)28-12-14-31-15-13-28)24(32-22(17)18-8-5-4-6-9-18)26-23(29)19-10-7-11-20(16-19)27(2)3/h4-11,16H,12-15H2,1-3H3,(H,26,29). The summed E-state index contributed by atoms with van der Waals surface area (Å²) in [6.07, 6.45) is 0. The Hall–Kier alpha value is -3.16. The molecular weight excluding hydrogens is 422 g/mol. The van der Waals surface area contributed by atoms with Crippen LogP contribution in [0, 0.1) is 6.92 Å². The second-order valence-electron chi connectivity index (χ2n) is 7.93. The van der Waals surface area contributed by atoms with Gasteiger partial charge in [-0.1, -0.05) is 36.4 Å². The van der Waals surface area contributed by atoms with Crippen LogP contribution in [0.5, 0.6) is 0 Å². The second-order valence-corrected chi connectivity index (χ2v) is 8.95. The monoisotopic (exact) mass is 449 g/mol. The molecule has 0 radical (unpaired) electrons. The fraction of sp³-hybridized carbons (Fsp3) is 0.280. The Labute approximate surface area is 192 Å². The quantitative estimate of drug-likeness (QED) is 0.622. The molecular formula is C25H27N3O3S. The van der Waals surface area contributed by atoms with Gasteiger partial charge >= 0.3 is 0 Å². The number of carbonyl (C=O) groups is 2. The van der Waals surface area contributed by atoms with E-state index in [-0.39, 0.29) is 11.8 Å². The molecule has 3 aromatic rings. The fourth-order valence-electron chi connectivity index (χ4n) is 3.75. The summed E-state index contributed by atoms with van der Waals surface area (Å²) in [4.78, 5) is 31.3. The van der Waals surface area contributed by atoms with E-state index in [1.807, 2.05) is 74.4 Å². The lowest BCUT2D eigenvalue weighted by Gasteiger charge is -2.27. The molecule has 2 heterocycles. The van der Waals surface area contributed by atoms with Crippen molar-refractivity contribution in [3.05, 3.63) is 71.3 Å². The minimum Gasteiger partial charge on any atom is -0.378 e. The number of nitrogens with one attached hydrogen (secondary N) is 1. The van der Waals surface area contributed by atoms with Crippen molar-refractivity contribution in [1.82, 2.24) is 4.90 Å². The Morgan fingerprint density at radius 1 is 1.03 bits per heavy atom. The maximum absolute atomic E-state index is 13.5. The molecule has 0 aliphatic carbocycles. The lowest BCUT2D eigenvalue weighted by molar-refractivity contribution is 0.0303. The molecule has 1 N–H and O–H groups in total. The van der Waals surface area contributed by atoms with Crippen molar-refractivity contribution in [3.8, 4) is 10.4 Å². The largest absolute Gasteiger partial charge is 0.378 e. The number of ether oxygens (including phenoxy) is 1. The Morgan fingerprint density at radius 2 is 1.75 bits per heavy atom. The molecule has 4 rings (SSSR count). The molecule has 0 bridgehead atoms. The van der Waals surface area contributed by atoms with Crippen LogP contribution >= 0.6 is 11.3 Å². The molecule has 166 valence electrons. The Kier molecular flexibility index (Phi) is 6.58. The average Bonchev–Trinajstić information content (AvgIpc) is 3.15. The molecule has 1 saturated heterocycles. The molecule has 1 aromatic heterocycles. The van der Waals surface area contributed by atoms with Crippen molar-refractivity contribution >= 4 is 33.8 Å². The molecule has 1 aliphatic rings. The van der Waals surface area contributed by atoms with E-state index in [0.29, 0.717) is 42.4 Å². The number of rotatable bonds is 5. The lowest BCUT2D eigenvalue weighted by atomic mass is 10.1. The second kappa shape index (κ2) is 9.54. The summed E-state index contributed by atoms with van der Waals surface area (Å²) in [5.74, 6) is -0.299. The zero-order valence-electron chi connectivity index (χ0n) is 18.6. The van der Waals surface area contributed by atoms with Crippen LogP contribution in [0.2, 0.25) is 0 Å². The highest BCUT2D eigenvalue weighted by Crippen LogP contribution is 2.40. The topological polar surface area (TPSA) is 61.9 Å². The van der Waals surface area contributed by atoms with E-state index in [1.54, 1.807) is 11.0 Å². The number of amides is 2. The van der Waals surface area contributed by atoms with Crippen molar-refractivity contribution in [2.45, 2.75) is 6.92 Å². The van der Waals surface area contributed by atoms with Crippen LogP contribution in [0.3, 0.4) is 0 Å². The van der Waals surface area contributed by atoms with Gasteiger partial charge in [-0.05, 0) is 36.2 Å². The zero-order chi connectivity index (χ0) is 22.7. The number of nitrogens with zero attached hydrogens (tertiary/aromatic N) is 2. The van der Waals surface area contributed by atoms with E-state index in [9.17, 15) is 9.59 Å². The van der Waals surface area contributed by atoms with Crippen LogP contribution in [0.25, 0.3) is 10.4 Å². The third-order valence-corrected chi connectivity index (χ3v) is 6.80. The van der Waals surface area contributed by atoms with Gasteiger partial charge in [-0.2, -0.15) is 0 Å². The van der Waals surface area contributed by atoms with Crippen LogP contribution in [0.4, 0.5) is 10.7 Å². The number of benzene rings is 2. The zero-order valence-corrected chi connectivity index (χ0v) is 19.4. The van der Waals surface area contributed by atoms with Gasteiger partial charge in [0.25, 0.3) is 11.8 Å². The number of hydrogen-bond acceptors (Lipinski definition) is 5. The summed E-state index contributed by atoms with van der Waals surface area (Å²) < 4.78 is 5.41. The van der Waals surface area contributed by atoms with Crippen molar-refractivity contribution in [3.63, 3.8) is 0 Å². The van der Waals surface area contributed by atoms with E-state index in [0.717, 1.165) is 21.7 Å². The van der Waals surface area contributed by atoms with Crippen LogP contribution < -0.4 is 10.2 Å². The first kappa shape index (κ1) is 22.0. The van der Waals surface area contributed by atoms with Crippen molar-refractivity contribution in [2.75, 3.05) is 50.6 Å². The van der Waals surface area contributed by atoms with Crippen LogP contribution in [0.15, 0.2) is 54.6 Å². The summed E-state index contributed by atoms with van der Waals surface area (Å²) in [6.45, 7) is 4.11. The van der Waals surface area contributed by atoms with Gasteiger partial charge in [0.05, 0.1) is 18.8 Å². The number of anilines is 2. The van der Waals surface area contributed by atoms with E-state index in [1.165, 1.54) is 11.3 Å². The number of morpholine rings is 1. The van der Waals surface area contributed by atoms with Gasteiger partial charge in [0.1, 0.15) is 5.00 Å². The summed E-state index contributed by atoms with van der Waals surface area (Å²) >= 11 is 1.44. The van der Waals surface area contributed by atoms with E-state index in [4.69, 9.17) is 4.74 Å². The predicted molar refractivity (Wildman–Crippen MR) is 130 cm³/mol. The Balaban J connectivity index is 1.72. The van der Waals surface area contributed by atoms with Gasteiger partial charge in [0.2, 0.25) is 0 Å². The Morgan fingerprint density at radius 3 is 2.44 bits per heavy atom. The predicted octanol–water partition coefficient (Wildman–Crippen LogP) is 4.51. The summed E-state index contributed by atoms with van der Waals surface area (Å²) in [5.41, 5.74) is 3.96. The molecule has 2 amide bonds. The molecule has 1 fully saturated rings. The molecule has 1 aliphatic heterocycles. The van der Waals surface area contributed by atoms with Gasteiger partial charge in [-0.15, -0.1) is 11.3 Å². The van der Waals surface area contributed by atoms with Gasteiger partial charge in [0.15, 0.2) is 0 Å². The first-order valence-electron chi connectivity index (χ1n) is 10.6. The molecule has 7 heteroatoms. The van der Waals surface area contributed by atoms with Crippen LogP contribution in [-0.4, -0.2) is 57.1 Å². The third-order valence-electron chi connectivity index (χ3n) is 5.55. The van der Waals surface area contributed by atoms with Crippen molar-refractivity contribution < 1.29 is 14.3 Å². The van der Waals surface area contributed by atoms with E-state index >= 15 is 0 Å². The average molecular weight is 450 g/mol. The minimum atomic E-state index is -0.231. The summed E-state index contributed by atoms with van der Waals surface area (Å²) in [6, 6.07) is 17.4. The minimum absolute atomic E-state index is 0.0680. The van der Waals surface area contributed by atoms with Gasteiger partial charge < -0.3 is 19.9 Å². The number of carbonyl (C=O) groups excluding carboxylic acids is 2.